The van der Waals surface area contributed by atoms with Gasteiger partial charge in [0.2, 0.25) is 5.91 Å². The van der Waals surface area contributed by atoms with Gasteiger partial charge in [0.05, 0.1) is 24.0 Å². The maximum Gasteiger partial charge on any atom is 0.273 e. The van der Waals surface area contributed by atoms with Crippen molar-refractivity contribution in [1.29, 1.82) is 0 Å². The van der Waals surface area contributed by atoms with Crippen molar-refractivity contribution in [2.24, 2.45) is 7.05 Å². The van der Waals surface area contributed by atoms with Gasteiger partial charge in [-0.1, -0.05) is 6.07 Å². The second-order valence-corrected chi connectivity index (χ2v) is 6.47. The monoisotopic (exact) mass is 411 g/mol. The van der Waals surface area contributed by atoms with Crippen LogP contribution in [-0.2, 0) is 11.8 Å². The Morgan fingerprint density at radius 1 is 1.30 bits per heavy atom. The van der Waals surface area contributed by atoms with E-state index < -0.39 is 12.9 Å². The Labute approximate surface area is 176 Å². The lowest BCUT2D eigenvalue weighted by Gasteiger charge is -2.29. The van der Waals surface area contributed by atoms with Crippen molar-refractivity contribution < 1.29 is 18.4 Å². The van der Waals surface area contributed by atoms with Crippen molar-refractivity contribution in [2.75, 3.05) is 30.8 Å². The molecule has 4 rings (SSSR count). The summed E-state index contributed by atoms with van der Waals surface area (Å²) in [6.07, 6.45) is 1.94. The smallest absolute Gasteiger partial charge is 0.273 e. The third kappa shape index (κ3) is 3.41. The highest BCUT2D eigenvalue weighted by molar-refractivity contribution is 6.01. The number of hydrogen-bond donors (Lipinski definition) is 2. The number of nitrogens with one attached hydrogen (secondary N) is 2. The summed E-state index contributed by atoms with van der Waals surface area (Å²) >= 11 is 0. The minimum Gasteiger partial charge on any atom is -0.494 e. The van der Waals surface area contributed by atoms with Crippen LogP contribution in [0.2, 0.25) is 0 Å². The van der Waals surface area contributed by atoms with Crippen molar-refractivity contribution in [3.8, 4) is 17.1 Å². The van der Waals surface area contributed by atoms with Gasteiger partial charge in [-0.3, -0.25) is 19.2 Å². The SMILES string of the molecule is [2H]C([2H])([2H])NC(=O)c1nnc(N2CCC2=O)cc1Nc1cccc(-c2ncn(C)n2)c1OC. The van der Waals surface area contributed by atoms with E-state index in [0.29, 0.717) is 35.8 Å². The fraction of sp³-hybridized carbons (Fsp3) is 0.263. The summed E-state index contributed by atoms with van der Waals surface area (Å²) in [6.45, 7) is -2.25. The van der Waals surface area contributed by atoms with Crippen LogP contribution >= 0.6 is 0 Å². The number of ether oxygens (including phenoxy) is 1. The number of aromatic nitrogens is 5. The molecule has 11 heteroatoms. The molecule has 2 amide bonds. The number of aryl methyl sites for hydroxylation is 1. The first kappa shape index (κ1) is 15.9. The molecular weight excluding hydrogens is 388 g/mol. The van der Waals surface area contributed by atoms with Gasteiger partial charge < -0.3 is 15.4 Å². The highest BCUT2D eigenvalue weighted by atomic mass is 16.5. The summed E-state index contributed by atoms with van der Waals surface area (Å²) < 4.78 is 29.1. The zero-order valence-corrected chi connectivity index (χ0v) is 16.2. The van der Waals surface area contributed by atoms with E-state index in [0.717, 1.165) is 0 Å². The summed E-state index contributed by atoms with van der Waals surface area (Å²) in [4.78, 5) is 30.1. The average molecular weight is 411 g/mol. The Hall–Kier alpha value is -4.02. The van der Waals surface area contributed by atoms with Gasteiger partial charge in [0.15, 0.2) is 23.1 Å². The number of anilines is 3. The predicted octanol–water partition coefficient (Wildman–Crippen LogP) is 1.12. The molecule has 0 bridgehead atoms. The molecule has 1 saturated heterocycles. The number of carbonyl (C=O) groups excluding carboxylic acids is 2. The normalized spacial score (nSPS) is 14.9. The molecule has 0 spiro atoms. The Balaban J connectivity index is 1.76. The predicted molar refractivity (Wildman–Crippen MR) is 109 cm³/mol. The number of β-lactam (4-membered cyclic amide) rings is 1. The van der Waals surface area contributed by atoms with Crippen molar-refractivity contribution in [3.05, 3.63) is 36.3 Å². The van der Waals surface area contributed by atoms with Gasteiger partial charge in [-0.2, -0.15) is 5.10 Å². The minimum absolute atomic E-state index is 0.129. The number of para-hydroxylation sites is 1. The quantitative estimate of drug-likeness (QED) is 0.578. The van der Waals surface area contributed by atoms with Gasteiger partial charge in [0.25, 0.3) is 5.91 Å². The fourth-order valence-electron chi connectivity index (χ4n) is 3.03. The molecule has 0 saturated carbocycles. The number of methoxy groups -OCH3 is 1. The van der Waals surface area contributed by atoms with E-state index in [1.165, 1.54) is 18.1 Å². The molecule has 1 aromatic carbocycles. The first-order valence-electron chi connectivity index (χ1n) is 10.5. The molecule has 2 aromatic heterocycles. The van der Waals surface area contributed by atoms with E-state index in [9.17, 15) is 9.59 Å². The van der Waals surface area contributed by atoms with Crippen LogP contribution in [0.1, 0.15) is 21.0 Å². The van der Waals surface area contributed by atoms with Crippen LogP contribution in [0.3, 0.4) is 0 Å². The molecule has 1 aliphatic heterocycles. The minimum atomic E-state index is -2.72. The molecule has 3 heterocycles. The van der Waals surface area contributed by atoms with Crippen LogP contribution in [0.15, 0.2) is 30.6 Å². The van der Waals surface area contributed by atoms with E-state index in [1.54, 1.807) is 36.3 Å². The number of hydrogen-bond acceptors (Lipinski definition) is 8. The number of carbonyl (C=O) groups is 2. The maximum atomic E-state index is 12.6. The molecule has 154 valence electrons. The lowest BCUT2D eigenvalue weighted by atomic mass is 10.1. The molecule has 11 nitrogen and oxygen atoms in total. The summed E-state index contributed by atoms with van der Waals surface area (Å²) in [5.74, 6) is -0.0215. The number of benzene rings is 1. The van der Waals surface area contributed by atoms with E-state index in [-0.39, 0.29) is 23.1 Å². The summed E-state index contributed by atoms with van der Waals surface area (Å²) in [5, 5.41) is 17.1. The Bertz CT molecular complexity index is 1230. The Morgan fingerprint density at radius 3 is 2.80 bits per heavy atom. The first-order valence-corrected chi connectivity index (χ1v) is 8.97. The van der Waals surface area contributed by atoms with Crippen LogP contribution in [0, 0.1) is 0 Å². The topological polar surface area (TPSA) is 127 Å². The number of rotatable bonds is 6. The van der Waals surface area contributed by atoms with Crippen molar-refractivity contribution in [2.45, 2.75) is 6.42 Å². The second kappa shape index (κ2) is 7.78. The third-order valence-electron chi connectivity index (χ3n) is 4.57. The van der Waals surface area contributed by atoms with Crippen molar-refractivity contribution in [3.63, 3.8) is 0 Å². The second-order valence-electron chi connectivity index (χ2n) is 6.47. The molecule has 2 N–H and O–H groups in total. The number of nitrogens with zero attached hydrogens (tertiary/aromatic N) is 6. The van der Waals surface area contributed by atoms with E-state index in [1.807, 2.05) is 5.32 Å². The van der Waals surface area contributed by atoms with Gasteiger partial charge in [-0.25, -0.2) is 4.98 Å². The summed E-state index contributed by atoms with van der Waals surface area (Å²) in [5.41, 5.74) is 0.924. The van der Waals surface area contributed by atoms with E-state index in [2.05, 4.69) is 25.6 Å². The molecule has 30 heavy (non-hydrogen) atoms. The van der Waals surface area contributed by atoms with Gasteiger partial charge in [-0.05, 0) is 12.1 Å². The standard InChI is InChI=1S/C19H20N8O3/c1-20-19(29)16-13(9-14(23-24-16)27-8-7-15(27)28)22-12-6-4-5-11(17(12)30-3)18-21-10-26(2)25-18/h4-6,9-10H,7-8H2,1-3H3,(H,20,29)(H,22,23)/i1D3. The van der Waals surface area contributed by atoms with Crippen molar-refractivity contribution >= 4 is 29.0 Å². The largest absolute Gasteiger partial charge is 0.494 e. The first-order chi connectivity index (χ1) is 15.7. The molecule has 0 radical (unpaired) electrons. The van der Waals surface area contributed by atoms with Gasteiger partial charge in [-0.15, -0.1) is 10.2 Å². The van der Waals surface area contributed by atoms with Crippen LogP contribution in [0.4, 0.5) is 17.2 Å². The van der Waals surface area contributed by atoms with E-state index in [4.69, 9.17) is 8.85 Å². The highest BCUT2D eigenvalue weighted by Gasteiger charge is 2.28. The highest BCUT2D eigenvalue weighted by Crippen LogP contribution is 2.37. The molecule has 1 fully saturated rings. The van der Waals surface area contributed by atoms with Crippen LogP contribution in [-0.4, -0.2) is 57.4 Å². The average Bonchev–Trinajstić information content (AvgIpc) is 3.17. The summed E-state index contributed by atoms with van der Waals surface area (Å²) in [7, 11) is 3.21. The molecule has 0 aliphatic carbocycles. The lowest BCUT2D eigenvalue weighted by molar-refractivity contribution is -0.122. The Morgan fingerprint density at radius 2 is 2.17 bits per heavy atom. The van der Waals surface area contributed by atoms with E-state index >= 15 is 0 Å². The zero-order valence-electron chi connectivity index (χ0n) is 19.2. The molecule has 1 aliphatic rings. The van der Waals surface area contributed by atoms with Crippen molar-refractivity contribution in [1.82, 2.24) is 30.3 Å². The maximum absolute atomic E-state index is 12.6. The van der Waals surface area contributed by atoms with Crippen LogP contribution < -0.4 is 20.3 Å². The third-order valence-corrected chi connectivity index (χ3v) is 4.57. The van der Waals surface area contributed by atoms with Gasteiger partial charge >= 0.3 is 0 Å². The Kier molecular flexibility index (Phi) is 4.11. The number of amides is 2. The van der Waals surface area contributed by atoms with Gasteiger partial charge in [0, 0.05) is 37.2 Å². The molecule has 0 unspecified atom stereocenters. The van der Waals surface area contributed by atoms with Crippen LogP contribution in [0.5, 0.6) is 5.75 Å². The molecule has 0 atom stereocenters. The fourth-order valence-corrected chi connectivity index (χ4v) is 3.03. The molecular formula is C19H20N8O3. The van der Waals surface area contributed by atoms with Gasteiger partial charge in [0.1, 0.15) is 6.33 Å². The van der Waals surface area contributed by atoms with Crippen LogP contribution in [0.25, 0.3) is 11.4 Å². The zero-order chi connectivity index (χ0) is 23.8. The molecule has 3 aromatic rings. The summed E-state index contributed by atoms with van der Waals surface area (Å²) in [6, 6.07) is 6.68. The lowest BCUT2D eigenvalue weighted by Crippen LogP contribution is -2.44.